The quantitative estimate of drug-likeness (QED) is 0.591. The number of aromatic nitrogens is 2. The van der Waals surface area contributed by atoms with Crippen molar-refractivity contribution in [1.82, 2.24) is 9.97 Å². The summed E-state index contributed by atoms with van der Waals surface area (Å²) in [6.45, 7) is 0. The summed E-state index contributed by atoms with van der Waals surface area (Å²) in [5, 5.41) is 0. The molecule has 0 radical (unpaired) electrons. The van der Waals surface area contributed by atoms with Crippen LogP contribution in [0.25, 0.3) is 22.5 Å². The third-order valence-electron chi connectivity index (χ3n) is 2.93. The van der Waals surface area contributed by atoms with Crippen LogP contribution in [-0.2, 0) is 0 Å². The lowest BCUT2D eigenvalue weighted by Gasteiger charge is -2.04. The largest absolute Gasteiger partial charge is 0.255 e. The zero-order chi connectivity index (χ0) is 13.9. The van der Waals surface area contributed by atoms with Gasteiger partial charge in [0.15, 0.2) is 0 Å². The van der Waals surface area contributed by atoms with Gasteiger partial charge >= 0.3 is 0 Å². The summed E-state index contributed by atoms with van der Waals surface area (Å²) in [5.41, 5.74) is 4.11. The van der Waals surface area contributed by atoms with E-state index >= 15 is 0 Å². The molecule has 0 aliphatic heterocycles. The normalized spacial score (nSPS) is 10.5. The van der Waals surface area contributed by atoms with Crippen LogP contribution in [0.2, 0.25) is 0 Å². The lowest BCUT2D eigenvalue weighted by atomic mass is 10.1. The van der Waals surface area contributed by atoms with Crippen molar-refractivity contribution in [3.8, 4) is 22.5 Å². The third kappa shape index (κ3) is 2.97. The second-order valence-corrected chi connectivity index (χ2v) is 6.13. The van der Waals surface area contributed by atoms with Gasteiger partial charge in [-0.25, -0.2) is 0 Å². The van der Waals surface area contributed by atoms with E-state index in [1.807, 2.05) is 24.3 Å². The molecule has 98 valence electrons. The molecule has 0 fully saturated rings. The van der Waals surface area contributed by atoms with E-state index in [0.717, 1.165) is 31.5 Å². The first-order valence-corrected chi connectivity index (χ1v) is 7.65. The van der Waals surface area contributed by atoms with E-state index in [4.69, 9.17) is 0 Å². The van der Waals surface area contributed by atoms with Gasteiger partial charge < -0.3 is 0 Å². The van der Waals surface area contributed by atoms with Gasteiger partial charge in [0.1, 0.15) is 0 Å². The molecule has 20 heavy (non-hydrogen) atoms. The first-order chi connectivity index (χ1) is 9.72. The number of pyridine rings is 2. The fraction of sp³-hybridized carbons (Fsp3) is 0. The molecule has 1 aromatic carbocycles. The van der Waals surface area contributed by atoms with Crippen LogP contribution in [0.3, 0.4) is 0 Å². The molecule has 3 aromatic rings. The van der Waals surface area contributed by atoms with Crippen molar-refractivity contribution in [3.63, 3.8) is 0 Å². The summed E-state index contributed by atoms with van der Waals surface area (Å²) >= 11 is 6.78. The van der Waals surface area contributed by atoms with E-state index in [0.29, 0.717) is 0 Å². The van der Waals surface area contributed by atoms with E-state index in [9.17, 15) is 0 Å². The van der Waals surface area contributed by atoms with Crippen LogP contribution in [0.1, 0.15) is 0 Å². The zero-order valence-corrected chi connectivity index (χ0v) is 13.6. The molecule has 0 aliphatic carbocycles. The standard InChI is InChI=1S/C16H10Br2N2/c17-13-5-7-15(19-9-13)11-1-2-12(4-3-11)16-8-6-14(18)10-20-16/h1-10H. The maximum absolute atomic E-state index is 4.39. The Hall–Kier alpha value is -1.52. The highest BCUT2D eigenvalue weighted by Gasteiger charge is 2.02. The Labute approximate surface area is 134 Å². The molecular weight excluding hydrogens is 380 g/mol. The second-order valence-electron chi connectivity index (χ2n) is 4.30. The summed E-state index contributed by atoms with van der Waals surface area (Å²) in [6.07, 6.45) is 3.61. The monoisotopic (exact) mass is 388 g/mol. The highest BCUT2D eigenvalue weighted by Crippen LogP contribution is 2.24. The molecule has 0 spiro atoms. The number of hydrogen-bond donors (Lipinski definition) is 0. The second kappa shape index (κ2) is 5.85. The van der Waals surface area contributed by atoms with Crippen LogP contribution in [-0.4, -0.2) is 9.97 Å². The minimum atomic E-state index is 0.962. The molecule has 2 nitrogen and oxygen atoms in total. The van der Waals surface area contributed by atoms with Crippen LogP contribution < -0.4 is 0 Å². The molecule has 0 atom stereocenters. The van der Waals surface area contributed by atoms with Gasteiger partial charge in [-0.3, -0.25) is 9.97 Å². The van der Waals surface area contributed by atoms with Crippen molar-refractivity contribution < 1.29 is 0 Å². The maximum atomic E-state index is 4.39. The Morgan fingerprint density at radius 1 is 0.550 bits per heavy atom. The smallest absolute Gasteiger partial charge is 0.0702 e. The molecule has 0 N–H and O–H groups in total. The Morgan fingerprint density at radius 2 is 0.950 bits per heavy atom. The van der Waals surface area contributed by atoms with Crippen molar-refractivity contribution in [2.45, 2.75) is 0 Å². The third-order valence-corrected chi connectivity index (χ3v) is 3.87. The van der Waals surface area contributed by atoms with Crippen molar-refractivity contribution in [1.29, 1.82) is 0 Å². The van der Waals surface area contributed by atoms with E-state index in [1.165, 1.54) is 0 Å². The van der Waals surface area contributed by atoms with Crippen molar-refractivity contribution in [2.75, 3.05) is 0 Å². The van der Waals surface area contributed by atoms with Gasteiger partial charge in [-0.1, -0.05) is 24.3 Å². The van der Waals surface area contributed by atoms with Gasteiger partial charge in [-0.05, 0) is 56.1 Å². The van der Waals surface area contributed by atoms with Crippen molar-refractivity contribution in [3.05, 3.63) is 69.9 Å². The van der Waals surface area contributed by atoms with E-state index in [1.54, 1.807) is 12.4 Å². The first kappa shape index (κ1) is 13.5. The predicted molar refractivity (Wildman–Crippen MR) is 88.3 cm³/mol. The van der Waals surface area contributed by atoms with Gasteiger partial charge in [-0.2, -0.15) is 0 Å². The average molecular weight is 390 g/mol. The Morgan fingerprint density at radius 3 is 1.25 bits per heavy atom. The lowest BCUT2D eigenvalue weighted by Crippen LogP contribution is -1.85. The zero-order valence-electron chi connectivity index (χ0n) is 10.4. The lowest BCUT2D eigenvalue weighted by molar-refractivity contribution is 1.30. The predicted octanol–water partition coefficient (Wildman–Crippen LogP) is 5.34. The number of hydrogen-bond acceptors (Lipinski definition) is 2. The molecule has 0 saturated carbocycles. The van der Waals surface area contributed by atoms with Crippen molar-refractivity contribution >= 4 is 31.9 Å². The van der Waals surface area contributed by atoms with Gasteiger partial charge in [0.2, 0.25) is 0 Å². The topological polar surface area (TPSA) is 25.8 Å². The molecule has 3 rings (SSSR count). The van der Waals surface area contributed by atoms with Gasteiger partial charge in [0.05, 0.1) is 11.4 Å². The number of rotatable bonds is 2. The van der Waals surface area contributed by atoms with E-state index in [-0.39, 0.29) is 0 Å². The molecule has 0 bridgehead atoms. The van der Waals surface area contributed by atoms with Gasteiger partial charge in [0, 0.05) is 32.5 Å². The fourth-order valence-corrected chi connectivity index (χ4v) is 2.37. The van der Waals surface area contributed by atoms with E-state index < -0.39 is 0 Å². The van der Waals surface area contributed by atoms with Crippen LogP contribution in [0.4, 0.5) is 0 Å². The molecule has 0 aliphatic rings. The highest BCUT2D eigenvalue weighted by molar-refractivity contribution is 9.10. The Bertz CT molecular complexity index is 640. The molecule has 2 heterocycles. The summed E-state index contributed by atoms with van der Waals surface area (Å²) in [7, 11) is 0. The van der Waals surface area contributed by atoms with Crippen molar-refractivity contribution in [2.24, 2.45) is 0 Å². The van der Waals surface area contributed by atoms with Crippen LogP contribution in [0.15, 0.2) is 69.9 Å². The van der Waals surface area contributed by atoms with Gasteiger partial charge in [0.25, 0.3) is 0 Å². The fourth-order valence-electron chi connectivity index (χ4n) is 1.90. The number of benzene rings is 1. The molecular formula is C16H10Br2N2. The summed E-state index contributed by atoms with van der Waals surface area (Å²) in [6, 6.07) is 16.2. The number of nitrogens with zero attached hydrogens (tertiary/aromatic N) is 2. The summed E-state index contributed by atoms with van der Waals surface area (Å²) in [5.74, 6) is 0. The molecule has 0 amide bonds. The Balaban J connectivity index is 1.91. The minimum absolute atomic E-state index is 0.962. The van der Waals surface area contributed by atoms with Crippen LogP contribution >= 0.6 is 31.9 Å². The van der Waals surface area contributed by atoms with Gasteiger partial charge in [-0.15, -0.1) is 0 Å². The van der Waals surface area contributed by atoms with Crippen LogP contribution in [0.5, 0.6) is 0 Å². The first-order valence-electron chi connectivity index (χ1n) is 6.06. The summed E-state index contributed by atoms with van der Waals surface area (Å²) < 4.78 is 1.97. The Kier molecular flexibility index (Phi) is 3.94. The molecule has 4 heteroatoms. The molecule has 0 saturated heterocycles. The average Bonchev–Trinajstić information content (AvgIpc) is 2.49. The molecule has 0 unspecified atom stereocenters. The van der Waals surface area contributed by atoms with Crippen LogP contribution in [0, 0.1) is 0 Å². The number of halogens is 2. The SMILES string of the molecule is Brc1ccc(-c2ccc(-c3ccc(Br)cn3)cc2)nc1. The summed E-state index contributed by atoms with van der Waals surface area (Å²) in [4.78, 5) is 8.79. The minimum Gasteiger partial charge on any atom is -0.255 e. The maximum Gasteiger partial charge on any atom is 0.0702 e. The highest BCUT2D eigenvalue weighted by atomic mass is 79.9. The molecule has 2 aromatic heterocycles. The van der Waals surface area contributed by atoms with E-state index in [2.05, 4.69) is 66.1 Å².